The molecule has 0 aliphatic carbocycles. The zero-order valence-corrected chi connectivity index (χ0v) is 15.9. The van der Waals surface area contributed by atoms with Crippen LogP contribution >= 0.6 is 22.7 Å². The lowest BCUT2D eigenvalue weighted by atomic mass is 10.2. The lowest BCUT2D eigenvalue weighted by molar-refractivity contribution is 0.102. The van der Waals surface area contributed by atoms with Crippen molar-refractivity contribution in [3.05, 3.63) is 52.2 Å². The summed E-state index contributed by atoms with van der Waals surface area (Å²) in [5, 5.41) is 5.13. The van der Waals surface area contributed by atoms with Crippen molar-refractivity contribution in [2.75, 3.05) is 16.3 Å². The Morgan fingerprint density at radius 2 is 2.00 bits per heavy atom. The smallest absolute Gasteiger partial charge is 0.257 e. The molecular formula is C16H15N3O3S3. The van der Waals surface area contributed by atoms with Crippen LogP contribution in [0, 0.1) is 6.92 Å². The molecule has 9 heteroatoms. The van der Waals surface area contributed by atoms with Crippen molar-refractivity contribution in [3.8, 4) is 10.6 Å². The van der Waals surface area contributed by atoms with Crippen molar-refractivity contribution >= 4 is 49.4 Å². The van der Waals surface area contributed by atoms with Gasteiger partial charge in [0, 0.05) is 21.5 Å². The molecule has 0 aliphatic heterocycles. The summed E-state index contributed by atoms with van der Waals surface area (Å²) in [6.45, 7) is 2.03. The molecule has 0 atom stereocenters. The van der Waals surface area contributed by atoms with Crippen LogP contribution in [0.5, 0.6) is 0 Å². The predicted molar refractivity (Wildman–Crippen MR) is 103 cm³/mol. The van der Waals surface area contributed by atoms with Crippen molar-refractivity contribution in [3.63, 3.8) is 0 Å². The Bertz CT molecular complexity index is 1020. The Balaban J connectivity index is 1.74. The van der Waals surface area contributed by atoms with E-state index in [1.165, 1.54) is 22.3 Å². The summed E-state index contributed by atoms with van der Waals surface area (Å²) in [5.74, 6) is -0.347. The zero-order valence-electron chi connectivity index (χ0n) is 13.4. The molecule has 0 fully saturated rings. The van der Waals surface area contributed by atoms with Crippen LogP contribution in [0.1, 0.15) is 15.2 Å². The van der Waals surface area contributed by atoms with Gasteiger partial charge in [-0.1, -0.05) is 6.07 Å². The first kappa shape index (κ1) is 17.6. The van der Waals surface area contributed by atoms with E-state index >= 15 is 0 Å². The Morgan fingerprint density at radius 1 is 1.20 bits per heavy atom. The maximum Gasteiger partial charge on any atom is 0.257 e. The monoisotopic (exact) mass is 393 g/mol. The molecule has 1 aromatic carbocycles. The lowest BCUT2D eigenvalue weighted by Crippen LogP contribution is -2.13. The van der Waals surface area contributed by atoms with Crippen LogP contribution in [0.2, 0.25) is 0 Å². The minimum absolute atomic E-state index is 0.337. The van der Waals surface area contributed by atoms with Crippen LogP contribution in [-0.2, 0) is 10.0 Å². The van der Waals surface area contributed by atoms with E-state index in [9.17, 15) is 13.2 Å². The fraction of sp³-hybridized carbons (Fsp3) is 0.125. The molecule has 1 amide bonds. The molecule has 130 valence electrons. The molecule has 0 saturated carbocycles. The number of hydrogen-bond donors (Lipinski definition) is 2. The van der Waals surface area contributed by atoms with Gasteiger partial charge in [0.2, 0.25) is 10.0 Å². The molecular weight excluding hydrogens is 378 g/mol. The van der Waals surface area contributed by atoms with E-state index < -0.39 is 10.0 Å². The minimum Gasteiger partial charge on any atom is -0.298 e. The second kappa shape index (κ2) is 6.95. The number of benzene rings is 1. The molecule has 2 aromatic heterocycles. The second-order valence-electron chi connectivity index (χ2n) is 5.36. The molecule has 0 unspecified atom stereocenters. The van der Waals surface area contributed by atoms with Crippen LogP contribution in [0.15, 0.2) is 41.8 Å². The third-order valence-corrected chi connectivity index (χ3v) is 5.53. The Labute approximate surface area is 153 Å². The first-order chi connectivity index (χ1) is 11.8. The number of thiazole rings is 1. The van der Waals surface area contributed by atoms with Gasteiger partial charge in [0.1, 0.15) is 0 Å². The molecule has 0 aliphatic rings. The minimum atomic E-state index is -3.39. The van der Waals surface area contributed by atoms with Crippen molar-refractivity contribution in [1.29, 1.82) is 0 Å². The van der Waals surface area contributed by atoms with Gasteiger partial charge in [0.15, 0.2) is 5.13 Å². The lowest BCUT2D eigenvalue weighted by Gasteiger charge is -2.06. The number of thiophene rings is 1. The number of rotatable bonds is 5. The summed E-state index contributed by atoms with van der Waals surface area (Å²) in [6.07, 6.45) is 1.06. The number of nitrogens with zero attached hydrogens (tertiary/aromatic N) is 1. The van der Waals surface area contributed by atoms with Gasteiger partial charge >= 0.3 is 0 Å². The molecule has 2 heterocycles. The number of sulfonamides is 1. The Morgan fingerprint density at radius 3 is 2.68 bits per heavy atom. The van der Waals surface area contributed by atoms with E-state index in [0.29, 0.717) is 16.4 Å². The molecule has 6 nitrogen and oxygen atoms in total. The largest absolute Gasteiger partial charge is 0.298 e. The van der Waals surface area contributed by atoms with Gasteiger partial charge in [0.25, 0.3) is 5.91 Å². The Kier molecular flexibility index (Phi) is 4.89. The molecule has 0 radical (unpaired) electrons. The summed E-state index contributed by atoms with van der Waals surface area (Å²) in [5.41, 5.74) is 1.51. The molecule has 3 rings (SSSR count). The fourth-order valence-corrected chi connectivity index (χ4v) is 4.29. The van der Waals surface area contributed by atoms with Gasteiger partial charge in [-0.3, -0.25) is 14.8 Å². The van der Waals surface area contributed by atoms with Crippen molar-refractivity contribution in [2.24, 2.45) is 0 Å². The standard InChI is InChI=1S/C16H15N3O3S3/c1-10-6-7-14(24-10)13-9-23-16(17-13)18-15(20)11-4-3-5-12(8-11)19-25(2,21)22/h3-9,19H,1-2H3,(H,17,18,20). The number of carbonyl (C=O) groups excluding carboxylic acids is 1. The van der Waals surface area contributed by atoms with Crippen molar-refractivity contribution < 1.29 is 13.2 Å². The topological polar surface area (TPSA) is 88.2 Å². The normalized spacial score (nSPS) is 11.3. The van der Waals surface area contributed by atoms with Crippen LogP contribution in [0.25, 0.3) is 10.6 Å². The molecule has 25 heavy (non-hydrogen) atoms. The highest BCUT2D eigenvalue weighted by Crippen LogP contribution is 2.30. The molecule has 0 spiro atoms. The predicted octanol–water partition coefficient (Wildman–Crippen LogP) is 3.80. The van der Waals surface area contributed by atoms with Gasteiger partial charge in [-0.15, -0.1) is 22.7 Å². The third kappa shape index (κ3) is 4.65. The van der Waals surface area contributed by atoms with E-state index in [2.05, 4.69) is 15.0 Å². The number of aromatic nitrogens is 1. The third-order valence-electron chi connectivity index (χ3n) is 3.15. The number of aryl methyl sites for hydroxylation is 1. The highest BCUT2D eigenvalue weighted by atomic mass is 32.2. The van der Waals surface area contributed by atoms with Gasteiger partial charge in [0.05, 0.1) is 16.8 Å². The number of hydrogen-bond acceptors (Lipinski definition) is 6. The van der Waals surface area contributed by atoms with E-state index in [0.717, 1.165) is 16.8 Å². The van der Waals surface area contributed by atoms with Gasteiger partial charge in [-0.2, -0.15) is 0 Å². The van der Waals surface area contributed by atoms with Crippen LogP contribution in [0.4, 0.5) is 10.8 Å². The summed E-state index contributed by atoms with van der Waals surface area (Å²) >= 11 is 2.99. The Hall–Kier alpha value is -2.23. The summed E-state index contributed by atoms with van der Waals surface area (Å²) < 4.78 is 24.9. The van der Waals surface area contributed by atoms with Gasteiger partial charge in [-0.05, 0) is 37.3 Å². The number of anilines is 2. The van der Waals surface area contributed by atoms with Crippen LogP contribution < -0.4 is 10.0 Å². The first-order valence-electron chi connectivity index (χ1n) is 7.22. The van der Waals surface area contributed by atoms with E-state index in [1.807, 2.05) is 24.4 Å². The first-order valence-corrected chi connectivity index (χ1v) is 10.8. The number of nitrogens with one attached hydrogen (secondary N) is 2. The second-order valence-corrected chi connectivity index (χ2v) is 9.25. The maximum absolute atomic E-state index is 12.4. The molecule has 0 saturated heterocycles. The average molecular weight is 394 g/mol. The average Bonchev–Trinajstić information content (AvgIpc) is 3.14. The van der Waals surface area contributed by atoms with E-state index in [4.69, 9.17) is 0 Å². The number of carbonyl (C=O) groups is 1. The highest BCUT2D eigenvalue weighted by molar-refractivity contribution is 7.92. The molecule has 0 bridgehead atoms. The highest BCUT2D eigenvalue weighted by Gasteiger charge is 2.12. The van der Waals surface area contributed by atoms with Gasteiger partial charge in [-0.25, -0.2) is 13.4 Å². The van der Waals surface area contributed by atoms with E-state index in [-0.39, 0.29) is 5.91 Å². The fourth-order valence-electron chi connectivity index (χ4n) is 2.12. The SMILES string of the molecule is Cc1ccc(-c2csc(NC(=O)c3cccc(NS(C)(=O)=O)c3)n2)s1. The van der Waals surface area contributed by atoms with Crippen molar-refractivity contribution in [2.45, 2.75) is 6.92 Å². The summed E-state index contributed by atoms with van der Waals surface area (Å²) in [4.78, 5) is 19.0. The van der Waals surface area contributed by atoms with Crippen LogP contribution in [0.3, 0.4) is 0 Å². The summed E-state index contributed by atoms with van der Waals surface area (Å²) in [6, 6.07) is 10.3. The molecule has 3 aromatic rings. The summed E-state index contributed by atoms with van der Waals surface area (Å²) in [7, 11) is -3.39. The zero-order chi connectivity index (χ0) is 18.0. The number of amides is 1. The van der Waals surface area contributed by atoms with Crippen molar-refractivity contribution in [1.82, 2.24) is 4.98 Å². The molecule has 2 N–H and O–H groups in total. The van der Waals surface area contributed by atoms with Gasteiger partial charge < -0.3 is 0 Å². The maximum atomic E-state index is 12.4. The van der Waals surface area contributed by atoms with Crippen LogP contribution in [-0.4, -0.2) is 25.6 Å². The quantitative estimate of drug-likeness (QED) is 0.690. The van der Waals surface area contributed by atoms with E-state index in [1.54, 1.807) is 29.5 Å².